The quantitative estimate of drug-likeness (QED) is 0.0169. The average Bonchev–Trinajstić information content (AvgIpc) is 3.57. The van der Waals surface area contributed by atoms with Crippen molar-refractivity contribution in [3.63, 3.8) is 0 Å². The molecule has 0 fully saturated rings. The third-order valence-corrected chi connectivity index (χ3v) is 18.1. The lowest BCUT2D eigenvalue weighted by Gasteiger charge is -2.21. The maximum Gasteiger partial charge on any atom is 0.472 e. The van der Waals surface area contributed by atoms with Crippen LogP contribution in [-0.4, -0.2) is 96.7 Å². The molecule has 0 bridgehead atoms. The van der Waals surface area contributed by atoms with Crippen LogP contribution in [0.1, 0.15) is 325 Å². The number of hydrogen-bond acceptors (Lipinski definition) is 15. The normalized spacial score (nSPS) is 15.0. The van der Waals surface area contributed by atoms with E-state index in [4.69, 9.17) is 37.0 Å². The highest BCUT2D eigenvalue weighted by atomic mass is 31.2. The van der Waals surface area contributed by atoms with E-state index in [1.54, 1.807) is 0 Å². The van der Waals surface area contributed by atoms with Gasteiger partial charge >= 0.3 is 39.5 Å². The molecule has 0 aliphatic heterocycles. The minimum atomic E-state index is -4.96. The Morgan fingerprint density at radius 1 is 0.371 bits per heavy atom. The minimum absolute atomic E-state index is 0.0842. The average molecular weight is 1310 g/mol. The molecule has 0 amide bonds. The van der Waals surface area contributed by atoms with Gasteiger partial charge in [-0.15, -0.1) is 0 Å². The summed E-state index contributed by atoms with van der Waals surface area (Å²) in [6.07, 6.45) is 46.7. The first-order valence-electron chi connectivity index (χ1n) is 35.7. The number of unbranched alkanes of at least 4 members (excludes halogenated alkanes) is 29. The van der Waals surface area contributed by atoms with Gasteiger partial charge in [0.2, 0.25) is 0 Å². The summed E-state index contributed by atoms with van der Waals surface area (Å²) < 4.78 is 68.2. The predicted octanol–water partition coefficient (Wildman–Crippen LogP) is 19.4. The number of carbonyl (C=O) groups excluding carboxylic acids is 4. The van der Waals surface area contributed by atoms with Crippen molar-refractivity contribution in [3.8, 4) is 0 Å². The number of carbonyl (C=O) groups is 4. The van der Waals surface area contributed by atoms with Gasteiger partial charge in [0.05, 0.1) is 26.4 Å². The Morgan fingerprint density at radius 2 is 0.663 bits per heavy atom. The second-order valence-electron chi connectivity index (χ2n) is 25.5. The van der Waals surface area contributed by atoms with Crippen LogP contribution in [-0.2, 0) is 65.4 Å². The van der Waals surface area contributed by atoms with Crippen molar-refractivity contribution in [2.45, 2.75) is 343 Å². The molecule has 0 spiro atoms. The van der Waals surface area contributed by atoms with E-state index in [0.29, 0.717) is 31.6 Å². The molecular formula is C70H132O17P2. The zero-order valence-corrected chi connectivity index (χ0v) is 59.2. The highest BCUT2D eigenvalue weighted by molar-refractivity contribution is 7.47. The van der Waals surface area contributed by atoms with Gasteiger partial charge in [-0.25, -0.2) is 9.13 Å². The molecule has 0 aromatic heterocycles. The second kappa shape index (κ2) is 60.5. The monoisotopic (exact) mass is 1310 g/mol. The van der Waals surface area contributed by atoms with E-state index in [-0.39, 0.29) is 25.7 Å². The minimum Gasteiger partial charge on any atom is -0.462 e. The summed E-state index contributed by atoms with van der Waals surface area (Å²) in [6.45, 7) is 11.7. The molecule has 17 nitrogen and oxygen atoms in total. The van der Waals surface area contributed by atoms with E-state index < -0.39 is 97.5 Å². The fourth-order valence-corrected chi connectivity index (χ4v) is 11.5. The van der Waals surface area contributed by atoms with Crippen LogP contribution in [0.15, 0.2) is 24.3 Å². The number of phosphoric ester groups is 2. The summed E-state index contributed by atoms with van der Waals surface area (Å²) in [4.78, 5) is 72.5. The molecule has 19 heteroatoms. The van der Waals surface area contributed by atoms with Gasteiger partial charge in [0.1, 0.15) is 19.3 Å². The molecule has 0 heterocycles. The van der Waals surface area contributed by atoms with Crippen LogP contribution < -0.4 is 0 Å². The van der Waals surface area contributed by atoms with Gasteiger partial charge in [0.25, 0.3) is 0 Å². The van der Waals surface area contributed by atoms with Gasteiger partial charge < -0.3 is 33.8 Å². The third-order valence-electron chi connectivity index (χ3n) is 16.2. The number of aliphatic hydroxyl groups is 1. The molecule has 0 aromatic rings. The van der Waals surface area contributed by atoms with Crippen LogP contribution in [0.5, 0.6) is 0 Å². The Bertz CT molecular complexity index is 1850. The number of rotatable bonds is 66. The molecule has 3 N–H and O–H groups in total. The molecule has 0 aliphatic rings. The fraction of sp³-hybridized carbons (Fsp3) is 0.886. The summed E-state index contributed by atoms with van der Waals surface area (Å²) in [5.41, 5.74) is 0. The Kier molecular flexibility index (Phi) is 58.8. The molecule has 0 saturated heterocycles. The van der Waals surface area contributed by atoms with Crippen LogP contribution in [0.25, 0.3) is 0 Å². The summed E-state index contributed by atoms with van der Waals surface area (Å²) >= 11 is 0. The molecule has 524 valence electrons. The predicted molar refractivity (Wildman–Crippen MR) is 358 cm³/mol. The number of hydrogen-bond donors (Lipinski definition) is 3. The van der Waals surface area contributed by atoms with E-state index in [0.717, 1.165) is 121 Å². The van der Waals surface area contributed by atoms with Gasteiger partial charge in [-0.2, -0.15) is 0 Å². The summed E-state index contributed by atoms with van der Waals surface area (Å²) in [5, 5.41) is 10.6. The third kappa shape index (κ3) is 61.5. The van der Waals surface area contributed by atoms with Crippen LogP contribution in [0.2, 0.25) is 0 Å². The molecule has 0 saturated carbocycles. The SMILES string of the molecule is CCCCCC/C=C\C=C/CCCCCCCC(=O)O[C@H](COC(=O)CCCCCCCCCCCCC(C)CC)COP(=O)(O)OCC(O)COP(=O)(O)OC[C@@H](COC(=O)CCCCCCCCCC(C)C)OC(=O)CCCCCCCCC(C)CC. The van der Waals surface area contributed by atoms with Crippen molar-refractivity contribution < 1.29 is 80.2 Å². The number of esters is 4. The van der Waals surface area contributed by atoms with Crippen LogP contribution in [0, 0.1) is 17.8 Å². The Hall–Kier alpha value is -2.46. The van der Waals surface area contributed by atoms with Gasteiger partial charge in [-0.05, 0) is 69.1 Å². The van der Waals surface area contributed by atoms with Gasteiger partial charge in [0.15, 0.2) is 12.2 Å². The van der Waals surface area contributed by atoms with Crippen molar-refractivity contribution >= 4 is 39.5 Å². The number of allylic oxidation sites excluding steroid dienone is 4. The molecule has 0 radical (unpaired) electrons. The molecule has 5 unspecified atom stereocenters. The van der Waals surface area contributed by atoms with Crippen molar-refractivity contribution in [2.24, 2.45) is 17.8 Å². The van der Waals surface area contributed by atoms with Gasteiger partial charge in [-0.1, -0.05) is 272 Å². The van der Waals surface area contributed by atoms with E-state index in [2.05, 4.69) is 72.8 Å². The maximum atomic E-state index is 13.0. The summed E-state index contributed by atoms with van der Waals surface area (Å²) in [6, 6.07) is 0. The van der Waals surface area contributed by atoms with Crippen molar-refractivity contribution in [1.29, 1.82) is 0 Å². The summed E-state index contributed by atoms with van der Waals surface area (Å²) in [7, 11) is -9.91. The Balaban J connectivity index is 5.30. The molecule has 0 rings (SSSR count). The highest BCUT2D eigenvalue weighted by Crippen LogP contribution is 2.45. The molecule has 89 heavy (non-hydrogen) atoms. The standard InChI is InChI=1S/C70H132O17P2/c1-8-11-12-13-14-15-16-17-18-19-20-25-30-39-46-53-69(74)86-65(57-80-67(72)51-44-37-29-24-22-21-23-28-35-42-49-62(6)9-2)59-84-88(76,77)82-55-64(71)56-83-89(78,79)85-60-66(87-70(75)54-47-40-33-32-36-43-50-63(7)10-3)58-81-68(73)52-45-38-31-26-27-34-41-48-61(4)5/h15-18,61-66,71H,8-14,19-60H2,1-7H3,(H,76,77)(H,78,79)/b16-15-,18-17-/t62?,63?,64?,65-,66-/m1/s1. The summed E-state index contributed by atoms with van der Waals surface area (Å²) in [5.74, 6) is 0.0676. The van der Waals surface area contributed by atoms with E-state index in [1.807, 2.05) is 0 Å². The van der Waals surface area contributed by atoms with Gasteiger partial charge in [-0.3, -0.25) is 37.3 Å². The molecule has 0 aliphatic carbocycles. The first kappa shape index (κ1) is 86.5. The van der Waals surface area contributed by atoms with Crippen LogP contribution in [0.4, 0.5) is 0 Å². The maximum absolute atomic E-state index is 13.0. The number of aliphatic hydroxyl groups excluding tert-OH is 1. The second-order valence-corrected chi connectivity index (χ2v) is 28.5. The number of phosphoric acid groups is 2. The lowest BCUT2D eigenvalue weighted by Crippen LogP contribution is -2.30. The fourth-order valence-electron chi connectivity index (χ4n) is 9.94. The molecule has 0 aromatic carbocycles. The van der Waals surface area contributed by atoms with E-state index >= 15 is 0 Å². The first-order valence-corrected chi connectivity index (χ1v) is 38.7. The highest BCUT2D eigenvalue weighted by Gasteiger charge is 2.30. The zero-order valence-electron chi connectivity index (χ0n) is 57.4. The van der Waals surface area contributed by atoms with Crippen LogP contribution in [0.3, 0.4) is 0 Å². The van der Waals surface area contributed by atoms with Gasteiger partial charge in [0, 0.05) is 25.7 Å². The van der Waals surface area contributed by atoms with E-state index in [9.17, 15) is 43.2 Å². The Labute approximate surface area is 542 Å². The van der Waals surface area contributed by atoms with Crippen molar-refractivity contribution in [3.05, 3.63) is 24.3 Å². The lowest BCUT2D eigenvalue weighted by atomic mass is 9.99. The number of ether oxygens (including phenoxy) is 4. The van der Waals surface area contributed by atoms with Crippen molar-refractivity contribution in [2.75, 3.05) is 39.6 Å². The zero-order chi connectivity index (χ0) is 65.9. The largest absolute Gasteiger partial charge is 0.472 e. The topological polar surface area (TPSA) is 237 Å². The first-order chi connectivity index (χ1) is 42.8. The lowest BCUT2D eigenvalue weighted by molar-refractivity contribution is -0.161. The molecular weight excluding hydrogens is 1170 g/mol. The molecule has 7 atom stereocenters. The smallest absolute Gasteiger partial charge is 0.462 e. The Morgan fingerprint density at radius 3 is 1.00 bits per heavy atom. The van der Waals surface area contributed by atoms with E-state index in [1.165, 1.54) is 116 Å². The van der Waals surface area contributed by atoms with Crippen molar-refractivity contribution in [1.82, 2.24) is 0 Å². The van der Waals surface area contributed by atoms with Crippen LogP contribution >= 0.6 is 15.6 Å².